The average Bonchev–Trinajstić information content (AvgIpc) is 2.92. The van der Waals surface area contributed by atoms with Gasteiger partial charge in [-0.3, -0.25) is 10.3 Å². The van der Waals surface area contributed by atoms with E-state index in [9.17, 15) is 0 Å². The summed E-state index contributed by atoms with van der Waals surface area (Å²) in [6, 6.07) is 24.5. The van der Waals surface area contributed by atoms with Gasteiger partial charge in [-0.15, -0.1) is 0 Å². The van der Waals surface area contributed by atoms with Crippen LogP contribution in [-0.4, -0.2) is 48.6 Å². The second kappa shape index (κ2) is 13.2. The predicted molar refractivity (Wildman–Crippen MR) is 138 cm³/mol. The summed E-state index contributed by atoms with van der Waals surface area (Å²) in [5, 5.41) is 14.9. The van der Waals surface area contributed by atoms with Crippen molar-refractivity contribution in [2.45, 2.75) is 18.9 Å². The summed E-state index contributed by atoms with van der Waals surface area (Å²) in [6.45, 7) is 4.45. The van der Waals surface area contributed by atoms with E-state index < -0.39 is 0 Å². The molecule has 0 saturated carbocycles. The maximum absolute atomic E-state index is 9.01. The van der Waals surface area contributed by atoms with Crippen molar-refractivity contribution in [3.63, 3.8) is 0 Å². The standard InChI is InChI=1S/C28H32N6O/c29-22-32-28(33-26-11-15-30-16-12-26)31-17-20-34-18-13-23(14-19-34)21-35-27(24-7-3-1-4-8-24)25-9-5-2-6-10-25/h1-12,15-16,23,27H,13-14,17-21H2,(H2,30,31,32,33). The quantitative estimate of drug-likeness (QED) is 0.211. The fourth-order valence-electron chi connectivity index (χ4n) is 4.29. The van der Waals surface area contributed by atoms with Crippen LogP contribution in [0.15, 0.2) is 90.2 Å². The highest BCUT2D eigenvalue weighted by molar-refractivity contribution is 5.83. The number of benzene rings is 2. The van der Waals surface area contributed by atoms with Gasteiger partial charge >= 0.3 is 0 Å². The van der Waals surface area contributed by atoms with E-state index >= 15 is 0 Å². The number of likely N-dealkylation sites (tertiary alicyclic amines) is 1. The lowest BCUT2D eigenvalue weighted by molar-refractivity contribution is 0.0312. The number of nitriles is 1. The van der Waals surface area contributed by atoms with Crippen molar-refractivity contribution in [1.82, 2.24) is 20.5 Å². The molecular weight excluding hydrogens is 436 g/mol. The highest BCUT2D eigenvalue weighted by atomic mass is 16.5. The second-order valence-electron chi connectivity index (χ2n) is 8.65. The summed E-state index contributed by atoms with van der Waals surface area (Å²) < 4.78 is 6.50. The van der Waals surface area contributed by atoms with Crippen LogP contribution < -0.4 is 10.6 Å². The first kappa shape index (κ1) is 24.4. The molecule has 2 N–H and O–H groups in total. The van der Waals surface area contributed by atoms with Gasteiger partial charge < -0.3 is 15.0 Å². The topological polar surface area (TPSA) is 85.6 Å². The Hall–Kier alpha value is -3.73. The van der Waals surface area contributed by atoms with Gasteiger partial charge in [-0.25, -0.2) is 4.99 Å². The van der Waals surface area contributed by atoms with Crippen molar-refractivity contribution >= 4 is 11.6 Å². The molecule has 0 radical (unpaired) electrons. The monoisotopic (exact) mass is 468 g/mol. The van der Waals surface area contributed by atoms with Crippen LogP contribution >= 0.6 is 0 Å². The van der Waals surface area contributed by atoms with Crippen molar-refractivity contribution in [3.05, 3.63) is 96.3 Å². The van der Waals surface area contributed by atoms with Crippen LogP contribution in [0.4, 0.5) is 5.69 Å². The van der Waals surface area contributed by atoms with Crippen molar-refractivity contribution < 1.29 is 4.74 Å². The smallest absolute Gasteiger partial charge is 0.209 e. The third-order valence-corrected chi connectivity index (χ3v) is 6.21. The van der Waals surface area contributed by atoms with E-state index in [-0.39, 0.29) is 6.10 Å². The first-order chi connectivity index (χ1) is 17.3. The average molecular weight is 469 g/mol. The number of rotatable bonds is 9. The van der Waals surface area contributed by atoms with Crippen molar-refractivity contribution in [2.75, 3.05) is 32.8 Å². The maximum atomic E-state index is 9.01. The van der Waals surface area contributed by atoms with E-state index in [4.69, 9.17) is 10.00 Å². The molecule has 7 nitrogen and oxygen atoms in total. The molecule has 0 atom stereocenters. The first-order valence-corrected chi connectivity index (χ1v) is 12.1. The SMILES string of the molecule is N#CN/C(=N\c1ccncc1)NCCN1CCC(COC(c2ccccc2)c2ccccc2)CC1. The molecule has 7 heteroatoms. The molecule has 1 aliphatic rings. The molecular formula is C28H32N6O. The Labute approximate surface area is 207 Å². The predicted octanol–water partition coefficient (Wildman–Crippen LogP) is 4.25. The van der Waals surface area contributed by atoms with Gasteiger partial charge in [0, 0.05) is 25.5 Å². The van der Waals surface area contributed by atoms with E-state index in [0.29, 0.717) is 18.4 Å². The van der Waals surface area contributed by atoms with Crippen LogP contribution in [0.25, 0.3) is 0 Å². The number of piperidine rings is 1. The van der Waals surface area contributed by atoms with Gasteiger partial charge in [0.25, 0.3) is 0 Å². The van der Waals surface area contributed by atoms with Crippen LogP contribution in [-0.2, 0) is 4.74 Å². The van der Waals surface area contributed by atoms with Gasteiger partial charge in [-0.1, -0.05) is 60.7 Å². The molecule has 2 aromatic carbocycles. The van der Waals surface area contributed by atoms with Crippen LogP contribution in [0.3, 0.4) is 0 Å². The number of hydrogen-bond donors (Lipinski definition) is 2. The van der Waals surface area contributed by atoms with Gasteiger partial charge in [-0.2, -0.15) is 5.26 Å². The summed E-state index contributed by atoms with van der Waals surface area (Å²) in [5.74, 6) is 1.01. The van der Waals surface area contributed by atoms with Crippen molar-refractivity contribution in [1.29, 1.82) is 5.26 Å². The lowest BCUT2D eigenvalue weighted by atomic mass is 9.97. The summed E-state index contributed by atoms with van der Waals surface area (Å²) in [5.41, 5.74) is 3.13. The van der Waals surface area contributed by atoms with Gasteiger partial charge in [-0.05, 0) is 55.1 Å². The molecule has 3 aromatic rings. The summed E-state index contributed by atoms with van der Waals surface area (Å²) in [6.07, 6.45) is 7.50. The third-order valence-electron chi connectivity index (χ3n) is 6.21. The lowest BCUT2D eigenvalue weighted by Gasteiger charge is -2.32. The largest absolute Gasteiger partial charge is 0.368 e. The van der Waals surface area contributed by atoms with Crippen LogP contribution in [0, 0.1) is 17.4 Å². The van der Waals surface area contributed by atoms with Gasteiger partial charge in [0.05, 0.1) is 12.3 Å². The molecule has 0 amide bonds. The zero-order valence-electron chi connectivity index (χ0n) is 19.9. The highest BCUT2D eigenvalue weighted by Crippen LogP contribution is 2.28. The second-order valence-corrected chi connectivity index (χ2v) is 8.65. The Kier molecular flexibility index (Phi) is 9.22. The minimum Gasteiger partial charge on any atom is -0.368 e. The minimum atomic E-state index is -0.0367. The Morgan fingerprint density at radius 2 is 1.63 bits per heavy atom. The number of hydrogen-bond acceptors (Lipinski definition) is 5. The normalized spacial score (nSPS) is 15.0. The molecule has 0 spiro atoms. The van der Waals surface area contributed by atoms with Gasteiger partial charge in [0.2, 0.25) is 5.96 Å². The number of aliphatic imine (C=N–C) groups is 1. The minimum absolute atomic E-state index is 0.0367. The molecule has 0 aliphatic carbocycles. The van der Waals surface area contributed by atoms with E-state index in [1.54, 1.807) is 24.5 Å². The Bertz CT molecular complexity index is 1040. The van der Waals surface area contributed by atoms with Gasteiger partial charge in [0.15, 0.2) is 6.19 Å². The number of aromatic nitrogens is 1. The maximum Gasteiger partial charge on any atom is 0.209 e. The highest BCUT2D eigenvalue weighted by Gasteiger charge is 2.22. The Balaban J connectivity index is 1.23. The summed E-state index contributed by atoms with van der Waals surface area (Å²) in [7, 11) is 0. The van der Waals surface area contributed by atoms with Crippen LogP contribution in [0.5, 0.6) is 0 Å². The van der Waals surface area contributed by atoms with Crippen molar-refractivity contribution in [3.8, 4) is 6.19 Å². The number of nitrogens with one attached hydrogen (secondary N) is 2. The van der Waals surface area contributed by atoms with Crippen molar-refractivity contribution in [2.24, 2.45) is 10.9 Å². The number of guanidine groups is 1. The molecule has 1 saturated heterocycles. The number of pyridine rings is 1. The molecule has 0 bridgehead atoms. The lowest BCUT2D eigenvalue weighted by Crippen LogP contribution is -2.42. The Morgan fingerprint density at radius 3 is 2.23 bits per heavy atom. The number of nitrogens with zero attached hydrogens (tertiary/aromatic N) is 4. The Morgan fingerprint density at radius 1 is 1.00 bits per heavy atom. The van der Waals surface area contributed by atoms with Gasteiger partial charge in [0.1, 0.15) is 6.10 Å². The molecule has 4 rings (SSSR count). The fraction of sp³-hybridized carbons (Fsp3) is 0.321. The molecule has 180 valence electrons. The van der Waals surface area contributed by atoms with E-state index in [0.717, 1.165) is 44.8 Å². The van der Waals surface area contributed by atoms with E-state index in [2.05, 4.69) is 74.0 Å². The first-order valence-electron chi connectivity index (χ1n) is 12.1. The third kappa shape index (κ3) is 7.64. The fourth-order valence-corrected chi connectivity index (χ4v) is 4.29. The van der Waals surface area contributed by atoms with E-state index in [1.807, 2.05) is 18.3 Å². The van der Waals surface area contributed by atoms with E-state index in [1.165, 1.54) is 11.1 Å². The molecule has 2 heterocycles. The van der Waals surface area contributed by atoms with Crippen LogP contribution in [0.2, 0.25) is 0 Å². The summed E-state index contributed by atoms with van der Waals surface area (Å²) >= 11 is 0. The molecule has 1 aromatic heterocycles. The van der Waals surface area contributed by atoms with Crippen LogP contribution in [0.1, 0.15) is 30.1 Å². The zero-order valence-corrected chi connectivity index (χ0v) is 19.9. The molecule has 1 fully saturated rings. The summed E-state index contributed by atoms with van der Waals surface area (Å²) in [4.78, 5) is 10.9. The zero-order chi connectivity index (χ0) is 24.1. The molecule has 35 heavy (non-hydrogen) atoms. The molecule has 1 aliphatic heterocycles. The number of ether oxygens (including phenoxy) is 1. The molecule has 0 unspecified atom stereocenters.